The molecule has 2 atom stereocenters. The molecule has 0 radical (unpaired) electrons. The number of hydrogen-bond donors (Lipinski definition) is 2. The van der Waals surface area contributed by atoms with Crippen molar-refractivity contribution in [3.8, 4) is 0 Å². The number of thiophene rings is 1. The van der Waals surface area contributed by atoms with Gasteiger partial charge in [0.2, 0.25) is 0 Å². The van der Waals surface area contributed by atoms with Crippen LogP contribution in [0.4, 0.5) is 24.0 Å². The monoisotopic (exact) mass is 492 g/mol. The van der Waals surface area contributed by atoms with Gasteiger partial charge >= 0.3 is 12.1 Å². The number of aromatic nitrogens is 2. The zero-order valence-corrected chi connectivity index (χ0v) is 19.5. The van der Waals surface area contributed by atoms with Gasteiger partial charge in [-0.05, 0) is 31.9 Å². The Morgan fingerprint density at radius 3 is 2.62 bits per heavy atom. The van der Waals surface area contributed by atoms with Gasteiger partial charge in [0.05, 0.1) is 18.2 Å². The molecule has 2 N–H and O–H groups in total. The predicted octanol–water partition coefficient (Wildman–Crippen LogP) is 5.65. The Morgan fingerprint density at radius 2 is 1.97 bits per heavy atom. The number of nitrogens with zero attached hydrogens (tertiary/aromatic N) is 2. The number of rotatable bonds is 5. The summed E-state index contributed by atoms with van der Waals surface area (Å²) in [7, 11) is 0. The fraction of sp³-hybridized carbons (Fsp3) is 0.348. The smallest absolute Gasteiger partial charge is 0.410 e. The van der Waals surface area contributed by atoms with E-state index >= 15 is 0 Å². The highest BCUT2D eigenvalue weighted by atomic mass is 32.1. The molecule has 1 amide bonds. The summed E-state index contributed by atoms with van der Waals surface area (Å²) < 4.78 is 47.6. The first-order valence-electron chi connectivity index (χ1n) is 10.7. The SMILES string of the molecule is CCOC(=O)c1c(NC(=O)c2cc3n(n2)[C@H](C(F)(F)F)C[C@@H](c2ccccc2)N3)sc(C)c1C. The number of alkyl halides is 3. The Labute approximate surface area is 197 Å². The summed E-state index contributed by atoms with van der Waals surface area (Å²) >= 11 is 1.19. The van der Waals surface area contributed by atoms with Crippen LogP contribution in [0.2, 0.25) is 0 Å². The van der Waals surface area contributed by atoms with Gasteiger partial charge in [-0.25, -0.2) is 9.48 Å². The highest BCUT2D eigenvalue weighted by Gasteiger charge is 2.46. The van der Waals surface area contributed by atoms with Crippen LogP contribution in [0.25, 0.3) is 0 Å². The quantitative estimate of drug-likeness (QED) is 0.450. The number of hydrogen-bond acceptors (Lipinski definition) is 6. The summed E-state index contributed by atoms with van der Waals surface area (Å²) in [5.74, 6) is -1.20. The maximum Gasteiger partial charge on any atom is 0.410 e. The van der Waals surface area contributed by atoms with Crippen molar-refractivity contribution in [1.82, 2.24) is 9.78 Å². The van der Waals surface area contributed by atoms with Crippen LogP contribution in [-0.2, 0) is 4.74 Å². The van der Waals surface area contributed by atoms with E-state index in [4.69, 9.17) is 4.74 Å². The second-order valence-electron chi connectivity index (χ2n) is 7.92. The average Bonchev–Trinajstić information content (AvgIpc) is 3.34. The molecule has 34 heavy (non-hydrogen) atoms. The number of amides is 1. The standard InChI is InChI=1S/C23H23F3N4O3S/c1-4-33-22(32)19-12(2)13(3)34-21(19)28-20(31)16-11-18-27-15(14-8-6-5-7-9-14)10-17(23(24,25)26)30(18)29-16/h5-9,11,15,17,27H,4,10H2,1-3H3,(H,28,31)/t15-,17-/m0/s1. The number of aryl methyl sites for hydroxylation is 1. The topological polar surface area (TPSA) is 85.2 Å². The first kappa shape index (κ1) is 23.8. The molecule has 0 saturated heterocycles. The zero-order valence-electron chi connectivity index (χ0n) is 18.7. The molecule has 180 valence electrons. The molecule has 0 fully saturated rings. The number of carbonyl (C=O) groups is 2. The van der Waals surface area contributed by atoms with Gasteiger partial charge < -0.3 is 15.4 Å². The minimum absolute atomic E-state index is 0.0942. The molecule has 1 aromatic carbocycles. The Kier molecular flexibility index (Phi) is 6.39. The molecule has 1 aliphatic rings. The first-order valence-corrected chi connectivity index (χ1v) is 11.5. The van der Waals surface area contributed by atoms with Crippen molar-refractivity contribution < 1.29 is 27.5 Å². The third kappa shape index (κ3) is 4.52. The molecule has 4 rings (SSSR count). The third-order valence-electron chi connectivity index (χ3n) is 5.72. The molecule has 1 aliphatic heterocycles. The van der Waals surface area contributed by atoms with E-state index in [1.165, 1.54) is 17.4 Å². The van der Waals surface area contributed by atoms with Crippen molar-refractivity contribution in [3.63, 3.8) is 0 Å². The summed E-state index contributed by atoms with van der Waals surface area (Å²) in [6.07, 6.45) is -4.82. The Balaban J connectivity index is 1.65. The lowest BCUT2D eigenvalue weighted by Crippen LogP contribution is -2.35. The van der Waals surface area contributed by atoms with Gasteiger partial charge in [0.15, 0.2) is 11.7 Å². The van der Waals surface area contributed by atoms with Crippen LogP contribution in [0.15, 0.2) is 36.4 Å². The number of benzene rings is 1. The van der Waals surface area contributed by atoms with E-state index in [0.29, 0.717) is 11.1 Å². The number of fused-ring (bicyclic) bond motifs is 1. The number of ether oxygens (including phenoxy) is 1. The van der Waals surface area contributed by atoms with Crippen LogP contribution in [0.5, 0.6) is 0 Å². The Bertz CT molecular complexity index is 1220. The van der Waals surface area contributed by atoms with Crippen molar-refractivity contribution >= 4 is 34.0 Å². The Morgan fingerprint density at radius 1 is 1.26 bits per heavy atom. The second kappa shape index (κ2) is 9.13. The number of halogens is 3. The summed E-state index contributed by atoms with van der Waals surface area (Å²) in [6.45, 7) is 5.38. The van der Waals surface area contributed by atoms with Gasteiger partial charge in [0, 0.05) is 17.4 Å². The second-order valence-corrected chi connectivity index (χ2v) is 9.15. The summed E-state index contributed by atoms with van der Waals surface area (Å²) in [5, 5.41) is 9.93. The van der Waals surface area contributed by atoms with E-state index in [0.717, 1.165) is 9.56 Å². The van der Waals surface area contributed by atoms with E-state index in [1.54, 1.807) is 51.1 Å². The van der Waals surface area contributed by atoms with E-state index in [1.807, 2.05) is 0 Å². The molecule has 7 nitrogen and oxygen atoms in total. The summed E-state index contributed by atoms with van der Waals surface area (Å²) in [5.41, 5.74) is 1.42. The third-order valence-corrected chi connectivity index (χ3v) is 6.84. The van der Waals surface area contributed by atoms with Crippen LogP contribution in [0.1, 0.15) is 62.3 Å². The number of anilines is 2. The van der Waals surface area contributed by atoms with Crippen LogP contribution < -0.4 is 10.6 Å². The van der Waals surface area contributed by atoms with E-state index < -0.39 is 30.1 Å². The maximum absolute atomic E-state index is 13.9. The van der Waals surface area contributed by atoms with E-state index in [9.17, 15) is 22.8 Å². The fourth-order valence-electron chi connectivity index (χ4n) is 3.92. The molecule has 0 saturated carbocycles. The molecule has 0 unspecified atom stereocenters. The fourth-order valence-corrected chi connectivity index (χ4v) is 4.96. The van der Waals surface area contributed by atoms with Crippen LogP contribution in [0, 0.1) is 13.8 Å². The molecule has 0 aliphatic carbocycles. The van der Waals surface area contributed by atoms with Gasteiger partial charge in [-0.2, -0.15) is 18.3 Å². The van der Waals surface area contributed by atoms with Gasteiger partial charge in [-0.15, -0.1) is 11.3 Å². The number of esters is 1. The number of nitrogens with one attached hydrogen (secondary N) is 2. The van der Waals surface area contributed by atoms with Gasteiger partial charge in [-0.3, -0.25) is 4.79 Å². The highest BCUT2D eigenvalue weighted by molar-refractivity contribution is 7.16. The van der Waals surface area contributed by atoms with Crippen molar-refractivity contribution in [2.24, 2.45) is 0 Å². The molecular weight excluding hydrogens is 469 g/mol. The summed E-state index contributed by atoms with van der Waals surface area (Å²) in [6, 6.07) is 7.63. The highest BCUT2D eigenvalue weighted by Crippen LogP contribution is 2.43. The minimum Gasteiger partial charge on any atom is -0.462 e. The number of carbonyl (C=O) groups excluding carboxylic acids is 2. The van der Waals surface area contributed by atoms with E-state index in [-0.39, 0.29) is 35.1 Å². The van der Waals surface area contributed by atoms with Crippen LogP contribution in [-0.4, -0.2) is 34.4 Å². The zero-order chi connectivity index (χ0) is 24.6. The predicted molar refractivity (Wildman–Crippen MR) is 122 cm³/mol. The van der Waals surface area contributed by atoms with Gasteiger partial charge in [0.25, 0.3) is 5.91 Å². The summed E-state index contributed by atoms with van der Waals surface area (Å²) in [4.78, 5) is 26.1. The van der Waals surface area contributed by atoms with Crippen molar-refractivity contribution in [2.45, 2.75) is 45.5 Å². The van der Waals surface area contributed by atoms with Crippen molar-refractivity contribution in [2.75, 3.05) is 17.2 Å². The van der Waals surface area contributed by atoms with Crippen LogP contribution >= 0.6 is 11.3 Å². The largest absolute Gasteiger partial charge is 0.462 e. The molecule has 0 spiro atoms. The maximum atomic E-state index is 13.9. The molecule has 11 heteroatoms. The molecule has 3 aromatic rings. The molecule has 3 heterocycles. The minimum atomic E-state index is -4.55. The lowest BCUT2D eigenvalue weighted by Gasteiger charge is -2.33. The van der Waals surface area contributed by atoms with Crippen molar-refractivity contribution in [3.05, 3.63) is 63.7 Å². The normalized spacial score (nSPS) is 17.6. The molecular formula is C23H23F3N4O3S. The van der Waals surface area contributed by atoms with Crippen molar-refractivity contribution in [1.29, 1.82) is 0 Å². The van der Waals surface area contributed by atoms with Crippen LogP contribution in [0.3, 0.4) is 0 Å². The first-order chi connectivity index (χ1) is 16.1. The van der Waals surface area contributed by atoms with E-state index in [2.05, 4.69) is 15.7 Å². The lowest BCUT2D eigenvalue weighted by molar-refractivity contribution is -0.173. The molecule has 0 bridgehead atoms. The average molecular weight is 493 g/mol. The van der Waals surface area contributed by atoms with Gasteiger partial charge in [-0.1, -0.05) is 30.3 Å². The van der Waals surface area contributed by atoms with Gasteiger partial charge in [0.1, 0.15) is 10.8 Å². The molecule has 2 aromatic heterocycles. The lowest BCUT2D eigenvalue weighted by atomic mass is 9.97. The Hall–Kier alpha value is -3.34.